The molecule has 0 aliphatic carbocycles. The Labute approximate surface area is 329 Å². The predicted molar refractivity (Wildman–Crippen MR) is 200 cm³/mol. The number of ether oxygens (including phenoxy) is 6. The summed E-state index contributed by atoms with van der Waals surface area (Å²) < 4.78 is 48.2. The number of H-pyrrole nitrogens is 3. The van der Waals surface area contributed by atoms with Gasteiger partial charge in [-0.3, -0.25) is 14.4 Å². The number of rotatable bonds is 18. The molecule has 3 N–H and O–H groups in total. The molecule has 18 heteroatoms. The lowest BCUT2D eigenvalue weighted by molar-refractivity contribution is -0.176. The molecule has 308 valence electrons. The second-order valence-electron chi connectivity index (χ2n) is 14.3. The van der Waals surface area contributed by atoms with Crippen molar-refractivity contribution in [3.05, 3.63) is 71.3 Å². The van der Waals surface area contributed by atoms with Gasteiger partial charge in [-0.2, -0.15) is 0 Å². The molecule has 0 radical (unpaired) electrons. The van der Waals surface area contributed by atoms with Crippen LogP contribution in [0.5, 0.6) is 0 Å². The number of aromatic amines is 3. The van der Waals surface area contributed by atoms with Crippen molar-refractivity contribution in [2.24, 2.45) is 17.8 Å². The first-order chi connectivity index (χ1) is 27.6. The topological polar surface area (TPSA) is 245 Å². The molecule has 3 atom stereocenters. The molecule has 6 aromatic rings. The van der Waals surface area contributed by atoms with Crippen LogP contribution in [0.3, 0.4) is 0 Å². The van der Waals surface area contributed by atoms with Crippen molar-refractivity contribution in [2.45, 2.75) is 79.8 Å². The molecule has 58 heavy (non-hydrogen) atoms. The van der Waals surface area contributed by atoms with Gasteiger partial charge in [-0.15, -0.1) is 0 Å². The zero-order chi connectivity index (χ0) is 41.7. The summed E-state index contributed by atoms with van der Waals surface area (Å²) in [6, 6.07) is 9.41. The lowest BCUT2D eigenvalue weighted by Gasteiger charge is -2.21. The number of aromatic nitrogens is 3. The number of furan rings is 3. The Morgan fingerprint density at radius 1 is 0.638 bits per heavy atom. The summed E-state index contributed by atoms with van der Waals surface area (Å²) in [5, 5.41) is 0. The molecule has 0 aliphatic rings. The lowest BCUT2D eigenvalue weighted by Crippen LogP contribution is -2.29. The highest BCUT2D eigenvalue weighted by atomic mass is 16.7. The molecule has 0 spiro atoms. The van der Waals surface area contributed by atoms with Crippen LogP contribution in [0.15, 0.2) is 55.9 Å². The van der Waals surface area contributed by atoms with E-state index in [9.17, 15) is 28.8 Å². The van der Waals surface area contributed by atoms with Crippen LogP contribution in [0.2, 0.25) is 0 Å². The van der Waals surface area contributed by atoms with Gasteiger partial charge in [-0.1, -0.05) is 34.6 Å². The minimum Gasteiger partial charge on any atom is -0.463 e. The van der Waals surface area contributed by atoms with E-state index in [1.165, 1.54) is 31.4 Å². The second-order valence-corrected chi connectivity index (χ2v) is 14.3. The van der Waals surface area contributed by atoms with Crippen LogP contribution >= 0.6 is 0 Å². The molecule has 6 aromatic heterocycles. The summed E-state index contributed by atoms with van der Waals surface area (Å²) in [6.45, 7) is 9.28. The maximum Gasteiger partial charge on any atom is 0.357 e. The van der Waals surface area contributed by atoms with E-state index >= 15 is 0 Å². The Balaban J connectivity index is 0.894. The number of fused-ring (bicyclic) bond motifs is 3. The predicted octanol–water partition coefficient (Wildman–Crippen LogP) is 6.85. The third kappa shape index (κ3) is 9.98. The van der Waals surface area contributed by atoms with Crippen LogP contribution < -0.4 is 0 Å². The van der Waals surface area contributed by atoms with Crippen molar-refractivity contribution in [1.29, 1.82) is 0 Å². The third-order valence-electron chi connectivity index (χ3n) is 8.76. The fourth-order valence-electron chi connectivity index (χ4n) is 5.70. The van der Waals surface area contributed by atoms with Gasteiger partial charge >= 0.3 is 35.8 Å². The first-order valence-electron chi connectivity index (χ1n) is 18.6. The van der Waals surface area contributed by atoms with E-state index in [4.69, 9.17) is 41.7 Å². The van der Waals surface area contributed by atoms with Crippen molar-refractivity contribution in [3.8, 4) is 0 Å². The summed E-state index contributed by atoms with van der Waals surface area (Å²) in [5.41, 5.74) is 3.26. The van der Waals surface area contributed by atoms with Gasteiger partial charge in [0.05, 0.1) is 34.6 Å². The molecule has 0 saturated heterocycles. The monoisotopic (exact) mass is 805 g/mol. The number of aryl methyl sites for hydroxylation is 1. The fraction of sp³-hybridized carbons (Fsp3) is 0.400. The van der Waals surface area contributed by atoms with E-state index in [2.05, 4.69) is 15.0 Å². The zero-order valence-corrected chi connectivity index (χ0v) is 32.6. The normalized spacial score (nSPS) is 13.2. The maximum atomic E-state index is 12.6. The molecule has 0 saturated carbocycles. The Kier molecular flexibility index (Phi) is 12.4. The van der Waals surface area contributed by atoms with E-state index < -0.39 is 61.1 Å². The number of nitrogens with one attached hydrogen (secondary N) is 3. The van der Waals surface area contributed by atoms with Gasteiger partial charge in [0.15, 0.2) is 16.7 Å². The molecule has 3 unspecified atom stereocenters. The van der Waals surface area contributed by atoms with Crippen LogP contribution in [0.1, 0.15) is 97.4 Å². The number of esters is 6. The third-order valence-corrected chi connectivity index (χ3v) is 8.76. The molecule has 0 bridgehead atoms. The molecule has 0 fully saturated rings. The van der Waals surface area contributed by atoms with E-state index in [1.54, 1.807) is 52.8 Å². The average molecular weight is 806 g/mol. The summed E-state index contributed by atoms with van der Waals surface area (Å²) >= 11 is 0. The maximum absolute atomic E-state index is 12.6. The molecule has 0 amide bonds. The van der Waals surface area contributed by atoms with Gasteiger partial charge < -0.3 is 56.6 Å². The summed E-state index contributed by atoms with van der Waals surface area (Å²) in [7, 11) is 0. The average Bonchev–Trinajstić information content (AvgIpc) is 4.00. The molecule has 6 heterocycles. The van der Waals surface area contributed by atoms with E-state index in [1.807, 2.05) is 0 Å². The first kappa shape index (κ1) is 40.9. The molecule has 18 nitrogen and oxygen atoms in total. The highest BCUT2D eigenvalue weighted by Crippen LogP contribution is 2.25. The highest BCUT2D eigenvalue weighted by molar-refractivity contribution is 5.95. The van der Waals surface area contributed by atoms with E-state index in [0.717, 1.165) is 0 Å². The van der Waals surface area contributed by atoms with Gasteiger partial charge in [0.25, 0.3) is 0 Å². The fourth-order valence-corrected chi connectivity index (χ4v) is 5.70. The summed E-state index contributed by atoms with van der Waals surface area (Å²) in [6.07, 6.45) is 0.297. The number of hydrogen-bond acceptors (Lipinski definition) is 15. The van der Waals surface area contributed by atoms with Crippen molar-refractivity contribution in [1.82, 2.24) is 15.0 Å². The minimum absolute atomic E-state index is 0.0388. The van der Waals surface area contributed by atoms with Crippen LogP contribution in [0, 0.1) is 17.8 Å². The van der Waals surface area contributed by atoms with Crippen molar-refractivity contribution < 1.29 is 70.4 Å². The Morgan fingerprint density at radius 3 is 1.88 bits per heavy atom. The van der Waals surface area contributed by atoms with E-state index in [-0.39, 0.29) is 41.8 Å². The quantitative estimate of drug-likeness (QED) is 0.0457. The van der Waals surface area contributed by atoms with Crippen LogP contribution in [-0.2, 0) is 55.6 Å². The first-order valence-corrected chi connectivity index (χ1v) is 18.6. The minimum atomic E-state index is -1.09. The van der Waals surface area contributed by atoms with Crippen molar-refractivity contribution in [2.75, 3.05) is 6.79 Å². The van der Waals surface area contributed by atoms with Gasteiger partial charge in [0.1, 0.15) is 28.6 Å². The van der Waals surface area contributed by atoms with Crippen LogP contribution in [0.4, 0.5) is 0 Å². The summed E-state index contributed by atoms with van der Waals surface area (Å²) in [5.74, 6) is -4.19. The molecule has 6 rings (SSSR count). The largest absolute Gasteiger partial charge is 0.463 e. The SMILES string of the molecule is CC(OC(=O)c1cc2oc(CC(C)C(=O)OCOC(=O)c3cc4oc(CCCC(=O)OC(OC(=O)c5cc6occc6[nH]5)C(C)C)cc4[nH]3)cc2[nH]1)OC(=O)C(C)C. The molecule has 0 aromatic carbocycles. The molecular formula is C40H43N3O15. The lowest BCUT2D eigenvalue weighted by atomic mass is 10.1. The van der Waals surface area contributed by atoms with Crippen molar-refractivity contribution >= 4 is 69.1 Å². The van der Waals surface area contributed by atoms with Gasteiger partial charge in [-0.05, 0) is 6.42 Å². The van der Waals surface area contributed by atoms with Crippen LogP contribution in [-0.4, -0.2) is 70.1 Å². The Hall–Kier alpha value is -6.72. The van der Waals surface area contributed by atoms with Gasteiger partial charge in [0.2, 0.25) is 19.4 Å². The summed E-state index contributed by atoms with van der Waals surface area (Å²) in [4.78, 5) is 83.3. The smallest absolute Gasteiger partial charge is 0.357 e. The second kappa shape index (κ2) is 17.6. The Morgan fingerprint density at radius 2 is 1.24 bits per heavy atom. The standard InChI is InChI=1S/C40H43N3O15/c1-19(2)35(45)53-22(6)54-38(48)30-17-33-27(43-30)14-24(56-33)12-21(5)36(46)51-18-52-37(47)28-16-32-26(42-28)13-23(55-32)8-7-9-34(44)57-40(20(3)4)58-39(49)29-15-31-25(41-29)10-11-50-31/h10-11,13-17,19-22,40-43H,7-9,12,18H2,1-6H3. The van der Waals surface area contributed by atoms with Gasteiger partial charge in [-0.25, -0.2) is 14.4 Å². The molecule has 0 aliphatic heterocycles. The van der Waals surface area contributed by atoms with E-state index in [0.29, 0.717) is 57.7 Å². The zero-order valence-electron chi connectivity index (χ0n) is 32.6. The molecular weight excluding hydrogens is 762 g/mol. The van der Waals surface area contributed by atoms with Crippen LogP contribution in [0.25, 0.3) is 33.3 Å². The number of carbonyl (C=O) groups excluding carboxylic acids is 6. The van der Waals surface area contributed by atoms with Crippen molar-refractivity contribution in [3.63, 3.8) is 0 Å². The Bertz CT molecular complexity index is 2340. The highest BCUT2D eigenvalue weighted by Gasteiger charge is 2.26. The number of carbonyl (C=O) groups is 6. The number of hydrogen-bond donors (Lipinski definition) is 3. The van der Waals surface area contributed by atoms with Gasteiger partial charge in [0, 0.05) is 68.5 Å².